The van der Waals surface area contributed by atoms with Crippen molar-refractivity contribution in [3.8, 4) is 5.75 Å². The molecule has 9 heteroatoms. The maximum Gasteiger partial charge on any atom is 0.573 e. The average Bonchev–Trinajstić information content (AvgIpc) is 3.12. The second-order valence-corrected chi connectivity index (χ2v) is 5.61. The summed E-state index contributed by atoms with van der Waals surface area (Å²) in [6.45, 7) is 3.21. The lowest BCUT2D eigenvalue weighted by Gasteiger charge is -2.14. The molecule has 1 aromatic heterocycles. The van der Waals surface area contributed by atoms with E-state index in [1.54, 1.807) is 6.26 Å². The summed E-state index contributed by atoms with van der Waals surface area (Å²) in [7, 11) is 0. The van der Waals surface area contributed by atoms with E-state index in [4.69, 9.17) is 4.42 Å². The third kappa shape index (κ3) is 7.61. The van der Waals surface area contributed by atoms with Crippen molar-refractivity contribution in [2.45, 2.75) is 25.8 Å². The molecule has 1 heterocycles. The van der Waals surface area contributed by atoms with Gasteiger partial charge in [-0.05, 0) is 36.8 Å². The number of halogens is 3. The lowest BCUT2D eigenvalue weighted by Crippen LogP contribution is -2.38. The average molecular weight is 385 g/mol. The number of aliphatic hydroxyl groups is 1. The first-order valence-corrected chi connectivity index (χ1v) is 8.45. The molecule has 0 spiro atoms. The van der Waals surface area contributed by atoms with Crippen molar-refractivity contribution in [2.24, 2.45) is 4.99 Å². The van der Waals surface area contributed by atoms with E-state index in [0.29, 0.717) is 31.0 Å². The van der Waals surface area contributed by atoms with Gasteiger partial charge in [0, 0.05) is 19.5 Å². The Balaban J connectivity index is 1.87. The van der Waals surface area contributed by atoms with E-state index in [2.05, 4.69) is 20.4 Å². The quantitative estimate of drug-likeness (QED) is 0.481. The van der Waals surface area contributed by atoms with Gasteiger partial charge < -0.3 is 24.9 Å². The predicted molar refractivity (Wildman–Crippen MR) is 94.5 cm³/mol. The maximum atomic E-state index is 12.2. The van der Waals surface area contributed by atoms with Crippen LogP contribution >= 0.6 is 0 Å². The Hall–Kier alpha value is -2.68. The smallest absolute Gasteiger partial charge is 0.469 e. The fourth-order valence-electron chi connectivity index (χ4n) is 2.28. The highest BCUT2D eigenvalue weighted by Gasteiger charge is 2.31. The molecule has 0 saturated heterocycles. The van der Waals surface area contributed by atoms with E-state index in [9.17, 15) is 18.3 Å². The highest BCUT2D eigenvalue weighted by molar-refractivity contribution is 5.79. The summed E-state index contributed by atoms with van der Waals surface area (Å²) in [6.07, 6.45) is -3.41. The third-order valence-electron chi connectivity index (χ3n) is 3.51. The first-order valence-electron chi connectivity index (χ1n) is 8.45. The number of hydrogen-bond acceptors (Lipinski definition) is 4. The molecule has 2 aromatic rings. The SMILES string of the molecule is CCNC(=NCC(O)c1ccc(OC(F)(F)F)cc1)NCCc1ccco1. The van der Waals surface area contributed by atoms with Crippen molar-refractivity contribution in [1.82, 2.24) is 10.6 Å². The zero-order valence-corrected chi connectivity index (χ0v) is 14.8. The molecule has 27 heavy (non-hydrogen) atoms. The molecule has 2 rings (SSSR count). The highest BCUT2D eigenvalue weighted by atomic mass is 19.4. The fourth-order valence-corrected chi connectivity index (χ4v) is 2.28. The summed E-state index contributed by atoms with van der Waals surface area (Å²) >= 11 is 0. The Morgan fingerprint density at radius 1 is 1.22 bits per heavy atom. The standard InChI is InChI=1S/C18H22F3N3O3/c1-2-22-17(23-10-9-14-4-3-11-26-14)24-12-16(25)13-5-7-15(8-6-13)27-18(19,20)21/h3-8,11,16,25H,2,9-10,12H2,1H3,(H2,22,23,24). The molecule has 1 atom stereocenters. The molecule has 0 aliphatic rings. The van der Waals surface area contributed by atoms with Crippen molar-refractivity contribution >= 4 is 5.96 Å². The van der Waals surface area contributed by atoms with Gasteiger partial charge >= 0.3 is 6.36 Å². The van der Waals surface area contributed by atoms with E-state index in [1.165, 1.54) is 12.1 Å². The fraction of sp³-hybridized carbons (Fsp3) is 0.389. The van der Waals surface area contributed by atoms with E-state index in [0.717, 1.165) is 17.9 Å². The number of ether oxygens (including phenoxy) is 1. The summed E-state index contributed by atoms with van der Waals surface area (Å²) < 4.78 is 45.6. The largest absolute Gasteiger partial charge is 0.573 e. The number of furan rings is 1. The van der Waals surface area contributed by atoms with Gasteiger partial charge in [-0.2, -0.15) is 0 Å². The van der Waals surface area contributed by atoms with Crippen LogP contribution in [0.4, 0.5) is 13.2 Å². The Labute approximate surface area is 155 Å². The second-order valence-electron chi connectivity index (χ2n) is 5.61. The number of guanidine groups is 1. The van der Waals surface area contributed by atoms with Gasteiger partial charge in [0.1, 0.15) is 11.5 Å². The zero-order chi connectivity index (χ0) is 19.7. The van der Waals surface area contributed by atoms with Crippen LogP contribution in [0.15, 0.2) is 52.1 Å². The number of hydrogen-bond donors (Lipinski definition) is 3. The number of benzene rings is 1. The van der Waals surface area contributed by atoms with Crippen molar-refractivity contribution in [3.63, 3.8) is 0 Å². The van der Waals surface area contributed by atoms with Crippen LogP contribution in [0.2, 0.25) is 0 Å². The Kier molecular flexibility index (Phi) is 7.54. The molecule has 0 aliphatic carbocycles. The summed E-state index contributed by atoms with van der Waals surface area (Å²) in [4.78, 5) is 4.29. The van der Waals surface area contributed by atoms with Crippen LogP contribution in [0.5, 0.6) is 5.75 Å². The van der Waals surface area contributed by atoms with Crippen LogP contribution in [0.1, 0.15) is 24.4 Å². The second kappa shape index (κ2) is 9.86. The van der Waals surface area contributed by atoms with Crippen molar-refractivity contribution in [2.75, 3.05) is 19.6 Å². The normalized spacial score (nSPS) is 13.3. The predicted octanol–water partition coefficient (Wildman–Crippen LogP) is 3.01. The summed E-state index contributed by atoms with van der Waals surface area (Å²) in [5.74, 6) is 1.04. The summed E-state index contributed by atoms with van der Waals surface area (Å²) in [5.41, 5.74) is 0.444. The molecule has 0 fully saturated rings. The van der Waals surface area contributed by atoms with E-state index >= 15 is 0 Å². The van der Waals surface area contributed by atoms with Gasteiger partial charge in [-0.25, -0.2) is 0 Å². The molecule has 0 bridgehead atoms. The minimum atomic E-state index is -4.74. The first-order chi connectivity index (χ1) is 12.9. The minimum absolute atomic E-state index is 0.0512. The number of aliphatic imine (C=N–C) groups is 1. The van der Waals surface area contributed by atoms with Gasteiger partial charge in [0.25, 0.3) is 0 Å². The van der Waals surface area contributed by atoms with Crippen LogP contribution in [0.25, 0.3) is 0 Å². The highest BCUT2D eigenvalue weighted by Crippen LogP contribution is 2.24. The van der Waals surface area contributed by atoms with Crippen LogP contribution in [-0.2, 0) is 6.42 Å². The molecule has 1 unspecified atom stereocenters. The monoisotopic (exact) mass is 385 g/mol. The van der Waals surface area contributed by atoms with Gasteiger partial charge in [0.2, 0.25) is 0 Å². The molecule has 148 valence electrons. The molecular formula is C18H22F3N3O3. The maximum absolute atomic E-state index is 12.2. The number of nitrogens with one attached hydrogen (secondary N) is 2. The van der Waals surface area contributed by atoms with Gasteiger partial charge in [0.05, 0.1) is 18.9 Å². The number of aliphatic hydroxyl groups excluding tert-OH is 1. The third-order valence-corrected chi connectivity index (χ3v) is 3.51. The van der Waals surface area contributed by atoms with E-state index in [1.807, 2.05) is 19.1 Å². The lowest BCUT2D eigenvalue weighted by molar-refractivity contribution is -0.274. The minimum Gasteiger partial charge on any atom is -0.469 e. The zero-order valence-electron chi connectivity index (χ0n) is 14.8. The number of rotatable bonds is 8. The van der Waals surface area contributed by atoms with Crippen LogP contribution < -0.4 is 15.4 Å². The number of nitrogens with zero attached hydrogens (tertiary/aromatic N) is 1. The Morgan fingerprint density at radius 2 is 1.96 bits per heavy atom. The molecule has 6 nitrogen and oxygen atoms in total. The van der Waals surface area contributed by atoms with Crippen molar-refractivity contribution in [1.29, 1.82) is 0 Å². The van der Waals surface area contributed by atoms with Gasteiger partial charge in [0.15, 0.2) is 5.96 Å². The molecule has 0 radical (unpaired) electrons. The molecule has 0 amide bonds. The van der Waals surface area contributed by atoms with Crippen LogP contribution in [0, 0.1) is 0 Å². The molecular weight excluding hydrogens is 363 g/mol. The summed E-state index contributed by atoms with van der Waals surface area (Å²) in [5, 5.41) is 16.4. The van der Waals surface area contributed by atoms with Gasteiger partial charge in [-0.1, -0.05) is 12.1 Å². The van der Waals surface area contributed by atoms with E-state index < -0.39 is 12.5 Å². The van der Waals surface area contributed by atoms with E-state index in [-0.39, 0.29) is 12.3 Å². The van der Waals surface area contributed by atoms with Gasteiger partial charge in [-0.3, -0.25) is 4.99 Å². The molecule has 1 aromatic carbocycles. The first kappa shape index (κ1) is 20.6. The van der Waals surface area contributed by atoms with Crippen molar-refractivity contribution in [3.05, 3.63) is 54.0 Å². The molecule has 0 aliphatic heterocycles. The molecule has 3 N–H and O–H groups in total. The van der Waals surface area contributed by atoms with Crippen LogP contribution in [0.3, 0.4) is 0 Å². The van der Waals surface area contributed by atoms with Gasteiger partial charge in [-0.15, -0.1) is 13.2 Å². The summed E-state index contributed by atoms with van der Waals surface area (Å²) in [6, 6.07) is 8.75. The lowest BCUT2D eigenvalue weighted by atomic mass is 10.1. The van der Waals surface area contributed by atoms with Crippen molar-refractivity contribution < 1.29 is 27.4 Å². The molecule has 0 saturated carbocycles. The Bertz CT molecular complexity index is 701. The van der Waals surface area contributed by atoms with Crippen LogP contribution in [-0.4, -0.2) is 37.1 Å². The topological polar surface area (TPSA) is 79.0 Å². The number of alkyl halides is 3. The Morgan fingerprint density at radius 3 is 2.56 bits per heavy atom.